The van der Waals surface area contributed by atoms with Crippen molar-refractivity contribution in [1.29, 1.82) is 0 Å². The molecule has 0 aliphatic carbocycles. The van der Waals surface area contributed by atoms with Gasteiger partial charge in [0.05, 0.1) is 0 Å². The maximum atomic E-state index is 10.6. The van der Waals surface area contributed by atoms with E-state index < -0.39 is 12.8 Å². The number of alkyl halides is 1. The molecule has 1 unspecified atom stereocenters. The summed E-state index contributed by atoms with van der Waals surface area (Å²) in [7, 11) is 0. The normalized spacial score (nSPS) is 15.5. The Kier molecular flexibility index (Phi) is 1.94. The number of hydrogen-bond acceptors (Lipinski definition) is 1. The third-order valence-corrected chi connectivity index (χ3v) is 0.180. The van der Waals surface area contributed by atoms with E-state index in [2.05, 4.69) is 0 Å². The maximum Gasteiger partial charge on any atom is 0.369 e. The van der Waals surface area contributed by atoms with Crippen molar-refractivity contribution in [2.45, 2.75) is 6.36 Å². The van der Waals surface area contributed by atoms with Gasteiger partial charge >= 0.3 is 6.43 Å². The van der Waals surface area contributed by atoms with E-state index in [1.807, 2.05) is 0 Å². The first-order valence-electron chi connectivity index (χ1n) is 1.14. The van der Waals surface area contributed by atoms with Crippen molar-refractivity contribution < 1.29 is 18.3 Å². The lowest BCUT2D eigenvalue weighted by Gasteiger charge is -1.89. The minimum Gasteiger partial charge on any atom is -0.359 e. The Balaban J connectivity index is 2.99. The lowest BCUT2D eigenvalue weighted by atomic mass is 10.7. The van der Waals surface area contributed by atoms with Crippen LogP contribution in [0.15, 0.2) is 0 Å². The van der Waals surface area contributed by atoms with Crippen molar-refractivity contribution in [1.82, 2.24) is 0 Å². The molecule has 0 saturated carbocycles. The summed E-state index contributed by atoms with van der Waals surface area (Å²) in [6.45, 7) is 0. The van der Waals surface area contributed by atoms with Crippen LogP contribution in [0.3, 0.4) is 0 Å². The molecule has 0 saturated heterocycles. The Labute approximate surface area is 32.4 Å². The first-order valence-corrected chi connectivity index (χ1v) is 1.14. The quantitative estimate of drug-likeness (QED) is 0.513. The molecular formula is C2H2F3O. The molecule has 0 aromatic rings. The van der Waals surface area contributed by atoms with E-state index in [1.165, 1.54) is 0 Å². The molecule has 0 heterocycles. The van der Waals surface area contributed by atoms with Gasteiger partial charge < -0.3 is 5.11 Å². The molecule has 1 radical (unpaired) electrons. The Morgan fingerprint density at radius 3 is 1.67 bits per heavy atom. The predicted octanol–water partition coefficient (Wildman–Crippen LogP) is 0.703. The SMILES string of the molecule is OC(F)[C](F)F. The average Bonchev–Trinajstić information content (AvgIpc) is 1.36. The van der Waals surface area contributed by atoms with E-state index in [4.69, 9.17) is 5.11 Å². The largest absolute Gasteiger partial charge is 0.369 e. The van der Waals surface area contributed by atoms with E-state index in [-0.39, 0.29) is 0 Å². The smallest absolute Gasteiger partial charge is 0.359 e. The fourth-order valence-corrected chi connectivity index (χ4v) is 0. The molecule has 0 aromatic heterocycles. The number of aliphatic hydroxyl groups excluding tert-OH is 1. The fraction of sp³-hybridized carbons (Fsp3) is 0.500. The van der Waals surface area contributed by atoms with E-state index in [9.17, 15) is 13.2 Å². The van der Waals surface area contributed by atoms with Crippen LogP contribution in [0, 0.1) is 6.43 Å². The topological polar surface area (TPSA) is 20.2 Å². The highest BCUT2D eigenvalue weighted by atomic mass is 19.3. The number of rotatable bonds is 1. The van der Waals surface area contributed by atoms with Gasteiger partial charge in [0, 0.05) is 0 Å². The Morgan fingerprint density at radius 1 is 1.50 bits per heavy atom. The summed E-state index contributed by atoms with van der Waals surface area (Å²) >= 11 is 0. The first-order chi connectivity index (χ1) is 2.64. The molecule has 0 fully saturated rings. The van der Waals surface area contributed by atoms with Gasteiger partial charge in [-0.15, -0.1) is 0 Å². The summed E-state index contributed by atoms with van der Waals surface area (Å²) in [5.74, 6) is 0. The van der Waals surface area contributed by atoms with Gasteiger partial charge in [-0.25, -0.2) is 4.39 Å². The van der Waals surface area contributed by atoms with Gasteiger partial charge in [0.2, 0.25) is 0 Å². The van der Waals surface area contributed by atoms with Crippen LogP contribution in [0.5, 0.6) is 0 Å². The molecule has 0 aliphatic rings. The molecule has 0 rings (SSSR count). The van der Waals surface area contributed by atoms with Crippen LogP contribution in [-0.4, -0.2) is 11.5 Å². The highest BCUT2D eigenvalue weighted by molar-refractivity contribution is 4.59. The third kappa shape index (κ3) is 2.02. The van der Waals surface area contributed by atoms with Crippen molar-refractivity contribution in [2.75, 3.05) is 0 Å². The summed E-state index contributed by atoms with van der Waals surface area (Å²) in [5, 5.41) is 7.18. The highest BCUT2D eigenvalue weighted by Gasteiger charge is 2.16. The van der Waals surface area contributed by atoms with Crippen LogP contribution < -0.4 is 0 Å². The van der Waals surface area contributed by atoms with E-state index in [1.54, 1.807) is 0 Å². The summed E-state index contributed by atoms with van der Waals surface area (Å²) in [6, 6.07) is 0. The van der Waals surface area contributed by atoms with Crippen molar-refractivity contribution >= 4 is 0 Å². The number of hydrogen-bond donors (Lipinski definition) is 1. The van der Waals surface area contributed by atoms with Gasteiger partial charge in [-0.05, 0) is 0 Å². The monoisotopic (exact) mass is 99.0 g/mol. The van der Waals surface area contributed by atoms with E-state index in [0.717, 1.165) is 0 Å². The molecule has 6 heavy (non-hydrogen) atoms. The third-order valence-electron chi connectivity index (χ3n) is 0.180. The lowest BCUT2D eigenvalue weighted by molar-refractivity contribution is -0.0174. The minimum absolute atomic E-state index is 2.60. The lowest BCUT2D eigenvalue weighted by Crippen LogP contribution is -2.00. The Morgan fingerprint density at radius 2 is 1.67 bits per heavy atom. The molecular weight excluding hydrogens is 97.0 g/mol. The first kappa shape index (κ1) is 5.75. The van der Waals surface area contributed by atoms with Crippen molar-refractivity contribution in [3.05, 3.63) is 6.43 Å². The van der Waals surface area contributed by atoms with Crippen LogP contribution in [0.2, 0.25) is 0 Å². The molecule has 37 valence electrons. The molecule has 4 heteroatoms. The van der Waals surface area contributed by atoms with Crippen LogP contribution in [0.25, 0.3) is 0 Å². The molecule has 0 bridgehead atoms. The van der Waals surface area contributed by atoms with Crippen molar-refractivity contribution in [2.24, 2.45) is 0 Å². The van der Waals surface area contributed by atoms with E-state index in [0.29, 0.717) is 0 Å². The second kappa shape index (κ2) is 2.02. The second-order valence-electron chi connectivity index (χ2n) is 0.625. The van der Waals surface area contributed by atoms with Crippen molar-refractivity contribution in [3.8, 4) is 0 Å². The molecule has 0 amide bonds. The fourth-order valence-electron chi connectivity index (χ4n) is 0. The maximum absolute atomic E-state index is 10.6. The van der Waals surface area contributed by atoms with Crippen molar-refractivity contribution in [3.63, 3.8) is 0 Å². The predicted molar refractivity (Wildman–Crippen MR) is 12.6 cm³/mol. The zero-order valence-electron chi connectivity index (χ0n) is 2.66. The standard InChI is InChI=1S/C2H2F3O/c3-1(4)2(5)6/h2,6H. The molecule has 1 N–H and O–H groups in total. The summed E-state index contributed by atoms with van der Waals surface area (Å²) < 4.78 is 31.5. The molecule has 0 aromatic carbocycles. The summed E-state index contributed by atoms with van der Waals surface area (Å²) in [6.07, 6.45) is -5.67. The van der Waals surface area contributed by atoms with Gasteiger partial charge in [-0.1, -0.05) is 0 Å². The zero-order valence-corrected chi connectivity index (χ0v) is 2.66. The molecule has 0 aliphatic heterocycles. The van der Waals surface area contributed by atoms with Gasteiger partial charge in [-0.2, -0.15) is 8.78 Å². The molecule has 1 atom stereocenters. The number of halogens is 3. The summed E-state index contributed by atoms with van der Waals surface area (Å²) in [5.41, 5.74) is 0. The number of aliphatic hydroxyl groups is 1. The van der Waals surface area contributed by atoms with Gasteiger partial charge in [0.15, 0.2) is 0 Å². The minimum atomic E-state index is -3.06. The van der Waals surface area contributed by atoms with Gasteiger partial charge in [0.1, 0.15) is 0 Å². The summed E-state index contributed by atoms with van der Waals surface area (Å²) in [4.78, 5) is 0. The second-order valence-corrected chi connectivity index (χ2v) is 0.625. The molecule has 0 spiro atoms. The zero-order chi connectivity index (χ0) is 5.15. The Hall–Kier alpha value is -0.250. The van der Waals surface area contributed by atoms with Crippen LogP contribution in [-0.2, 0) is 0 Å². The molecule has 1 nitrogen and oxygen atoms in total. The van der Waals surface area contributed by atoms with Crippen LogP contribution in [0.1, 0.15) is 0 Å². The highest BCUT2D eigenvalue weighted by Crippen LogP contribution is 2.08. The van der Waals surface area contributed by atoms with Crippen LogP contribution >= 0.6 is 0 Å². The van der Waals surface area contributed by atoms with Gasteiger partial charge in [0.25, 0.3) is 6.36 Å². The van der Waals surface area contributed by atoms with Gasteiger partial charge in [-0.3, -0.25) is 0 Å². The van der Waals surface area contributed by atoms with E-state index >= 15 is 0 Å². The average molecular weight is 99.0 g/mol. The Bertz CT molecular complexity index is 29.8. The van der Waals surface area contributed by atoms with Crippen LogP contribution in [0.4, 0.5) is 13.2 Å².